The first-order valence-electron chi connectivity index (χ1n) is 10.8. The number of anilines is 2. The first-order chi connectivity index (χ1) is 16.6. The molecule has 12 heteroatoms. The van der Waals surface area contributed by atoms with Crippen LogP contribution in [0, 0.1) is 11.3 Å². The predicted octanol–water partition coefficient (Wildman–Crippen LogP) is 3.16. The SMILES string of the molecule is N#Cc1ccc(C(O)CNC2CCN(c3cc(C(F)(F)F)c4c(N)c(C(N)=O)sc4n3)CC2)cc1. The van der Waals surface area contributed by atoms with Gasteiger partial charge in [-0.1, -0.05) is 12.1 Å². The van der Waals surface area contributed by atoms with Crippen LogP contribution in [-0.2, 0) is 6.18 Å². The van der Waals surface area contributed by atoms with Crippen molar-refractivity contribution >= 4 is 39.0 Å². The number of benzene rings is 1. The summed E-state index contributed by atoms with van der Waals surface area (Å²) in [7, 11) is 0. The number of pyridine rings is 1. The number of nitrogens with zero attached hydrogens (tertiary/aromatic N) is 3. The molecule has 0 spiro atoms. The number of amides is 1. The van der Waals surface area contributed by atoms with E-state index in [1.54, 1.807) is 29.2 Å². The molecule has 0 aliphatic carbocycles. The molecular formula is C23H23F3N6O2S. The number of fused-ring (bicyclic) bond motifs is 1. The highest BCUT2D eigenvalue weighted by Gasteiger charge is 2.37. The summed E-state index contributed by atoms with van der Waals surface area (Å²) in [6.07, 6.45) is -4.15. The van der Waals surface area contributed by atoms with Crippen LogP contribution >= 0.6 is 11.3 Å². The van der Waals surface area contributed by atoms with E-state index in [1.807, 2.05) is 6.07 Å². The summed E-state index contributed by atoms with van der Waals surface area (Å²) in [6, 6.07) is 9.76. The molecule has 1 saturated heterocycles. The Balaban J connectivity index is 1.45. The number of aromatic nitrogens is 1. The van der Waals surface area contributed by atoms with Gasteiger partial charge in [-0.05, 0) is 36.6 Å². The van der Waals surface area contributed by atoms with Gasteiger partial charge in [-0.3, -0.25) is 4.79 Å². The molecule has 8 nitrogen and oxygen atoms in total. The predicted molar refractivity (Wildman–Crippen MR) is 127 cm³/mol. The maximum Gasteiger partial charge on any atom is 0.417 e. The van der Waals surface area contributed by atoms with Gasteiger partial charge < -0.3 is 26.8 Å². The quantitative estimate of drug-likeness (QED) is 0.404. The van der Waals surface area contributed by atoms with E-state index in [4.69, 9.17) is 16.7 Å². The van der Waals surface area contributed by atoms with Crippen molar-refractivity contribution in [3.63, 3.8) is 0 Å². The summed E-state index contributed by atoms with van der Waals surface area (Å²) in [6.45, 7) is 1.23. The normalized spacial score (nSPS) is 15.8. The number of rotatable bonds is 6. The van der Waals surface area contributed by atoms with Crippen molar-refractivity contribution in [2.75, 3.05) is 30.3 Å². The van der Waals surface area contributed by atoms with Crippen molar-refractivity contribution in [3.05, 3.63) is 51.9 Å². The molecule has 1 amide bonds. The number of nitrogens with two attached hydrogens (primary N) is 2. The van der Waals surface area contributed by atoms with Crippen LogP contribution in [0.1, 0.15) is 45.3 Å². The number of nitriles is 1. The fraction of sp³-hybridized carbons (Fsp3) is 0.348. The molecule has 0 bridgehead atoms. The van der Waals surface area contributed by atoms with E-state index < -0.39 is 23.8 Å². The standard InChI is InChI=1S/C23H23F3N6O2S/c24-23(25,26)15-9-17(31-22-18(15)19(28)20(35-22)21(29)34)32-7-5-14(6-8-32)30-11-16(33)13-3-1-12(10-27)2-4-13/h1-4,9,14,16,30,33H,5-8,11,28H2,(H2,29,34). The second kappa shape index (κ2) is 9.69. The molecule has 3 aromatic rings. The molecule has 1 atom stereocenters. The average molecular weight is 505 g/mol. The zero-order valence-corrected chi connectivity index (χ0v) is 19.3. The van der Waals surface area contributed by atoms with Gasteiger partial charge in [0.1, 0.15) is 15.5 Å². The smallest absolute Gasteiger partial charge is 0.397 e. The Morgan fingerprint density at radius 1 is 1.31 bits per heavy atom. The van der Waals surface area contributed by atoms with E-state index in [9.17, 15) is 23.1 Å². The van der Waals surface area contributed by atoms with E-state index in [0.29, 0.717) is 43.6 Å². The molecular weight excluding hydrogens is 481 g/mol. The third kappa shape index (κ3) is 5.17. The number of piperidine rings is 1. The minimum atomic E-state index is -4.68. The molecule has 1 aromatic carbocycles. The van der Waals surface area contributed by atoms with Crippen molar-refractivity contribution in [3.8, 4) is 6.07 Å². The molecule has 0 radical (unpaired) electrons. The first-order valence-corrected chi connectivity index (χ1v) is 11.7. The fourth-order valence-corrected chi connectivity index (χ4v) is 5.13. The zero-order valence-electron chi connectivity index (χ0n) is 18.5. The third-order valence-electron chi connectivity index (χ3n) is 6.06. The van der Waals surface area contributed by atoms with Crippen LogP contribution in [0.4, 0.5) is 24.7 Å². The molecule has 1 aliphatic rings. The van der Waals surface area contributed by atoms with Crippen molar-refractivity contribution < 1.29 is 23.1 Å². The second-order valence-corrected chi connectivity index (χ2v) is 9.33. The summed E-state index contributed by atoms with van der Waals surface area (Å²) < 4.78 is 41.4. The van der Waals surface area contributed by atoms with Gasteiger partial charge in [-0.15, -0.1) is 11.3 Å². The maximum atomic E-state index is 13.8. The molecule has 0 saturated carbocycles. The lowest BCUT2D eigenvalue weighted by atomic mass is 10.0. The van der Waals surface area contributed by atoms with E-state index in [-0.39, 0.29) is 32.6 Å². The fourth-order valence-electron chi connectivity index (χ4n) is 4.17. The van der Waals surface area contributed by atoms with Gasteiger partial charge in [0.2, 0.25) is 0 Å². The van der Waals surface area contributed by atoms with E-state index in [0.717, 1.165) is 17.4 Å². The average Bonchev–Trinajstić information content (AvgIpc) is 3.18. The van der Waals surface area contributed by atoms with Crippen LogP contribution in [0.2, 0.25) is 0 Å². The molecule has 184 valence electrons. The van der Waals surface area contributed by atoms with Gasteiger partial charge in [0.25, 0.3) is 5.91 Å². The molecule has 1 unspecified atom stereocenters. The number of hydrogen-bond acceptors (Lipinski definition) is 8. The third-order valence-corrected chi connectivity index (χ3v) is 7.17. The van der Waals surface area contributed by atoms with E-state index in [1.165, 1.54) is 0 Å². The number of thiophene rings is 1. The van der Waals surface area contributed by atoms with Crippen LogP contribution in [0.5, 0.6) is 0 Å². The van der Waals surface area contributed by atoms with Crippen molar-refractivity contribution in [1.82, 2.24) is 10.3 Å². The summed E-state index contributed by atoms with van der Waals surface area (Å²) in [5.74, 6) is -0.728. The van der Waals surface area contributed by atoms with Crippen LogP contribution in [-0.4, -0.2) is 41.7 Å². The molecule has 3 heterocycles. The Morgan fingerprint density at radius 2 is 1.97 bits per heavy atom. The molecule has 1 fully saturated rings. The monoisotopic (exact) mass is 504 g/mol. The Kier molecular flexibility index (Phi) is 6.84. The lowest BCUT2D eigenvalue weighted by Crippen LogP contribution is -2.44. The molecule has 35 heavy (non-hydrogen) atoms. The Morgan fingerprint density at radius 3 is 2.54 bits per heavy atom. The number of halogens is 3. The number of nitrogens with one attached hydrogen (secondary N) is 1. The van der Waals surface area contributed by atoms with Crippen LogP contribution in [0.25, 0.3) is 10.2 Å². The van der Waals surface area contributed by atoms with E-state index in [2.05, 4.69) is 10.3 Å². The lowest BCUT2D eigenvalue weighted by Gasteiger charge is -2.34. The van der Waals surface area contributed by atoms with Crippen LogP contribution < -0.4 is 21.7 Å². The minimum Gasteiger partial charge on any atom is -0.397 e. The largest absolute Gasteiger partial charge is 0.417 e. The van der Waals surface area contributed by atoms with E-state index >= 15 is 0 Å². The van der Waals surface area contributed by atoms with Crippen LogP contribution in [0.15, 0.2) is 30.3 Å². The number of nitrogen functional groups attached to an aromatic ring is 1. The van der Waals surface area contributed by atoms with Gasteiger partial charge in [0, 0.05) is 31.1 Å². The summed E-state index contributed by atoms with van der Waals surface area (Å²) >= 11 is 0.757. The number of alkyl halides is 3. The van der Waals surface area contributed by atoms with Crippen molar-refractivity contribution in [2.24, 2.45) is 5.73 Å². The highest BCUT2D eigenvalue weighted by Crippen LogP contribution is 2.43. The topological polar surface area (TPSA) is 141 Å². The highest BCUT2D eigenvalue weighted by atomic mass is 32.1. The first kappa shape index (κ1) is 24.7. The molecule has 4 rings (SSSR count). The Hall–Kier alpha value is -3.40. The lowest BCUT2D eigenvalue weighted by molar-refractivity contribution is -0.136. The number of hydrogen-bond donors (Lipinski definition) is 4. The number of carbonyl (C=O) groups excluding carboxylic acids is 1. The highest BCUT2D eigenvalue weighted by molar-refractivity contribution is 7.21. The van der Waals surface area contributed by atoms with Gasteiger partial charge in [-0.2, -0.15) is 18.4 Å². The van der Waals surface area contributed by atoms with Crippen molar-refractivity contribution in [1.29, 1.82) is 5.26 Å². The zero-order chi connectivity index (χ0) is 25.3. The van der Waals surface area contributed by atoms with Gasteiger partial charge in [0.15, 0.2) is 0 Å². The number of primary amides is 1. The van der Waals surface area contributed by atoms with Gasteiger partial charge >= 0.3 is 6.18 Å². The number of carbonyl (C=O) groups is 1. The molecule has 1 aliphatic heterocycles. The van der Waals surface area contributed by atoms with Crippen LogP contribution in [0.3, 0.4) is 0 Å². The Bertz CT molecular complexity index is 1280. The Labute approximate surface area is 203 Å². The van der Waals surface area contributed by atoms with Crippen molar-refractivity contribution in [2.45, 2.75) is 31.2 Å². The van der Waals surface area contributed by atoms with Gasteiger partial charge in [0.05, 0.1) is 29.0 Å². The molecule has 2 aromatic heterocycles. The number of aliphatic hydroxyl groups is 1. The second-order valence-electron chi connectivity index (χ2n) is 8.33. The summed E-state index contributed by atoms with van der Waals surface area (Å²) in [5.41, 5.74) is 11.0. The minimum absolute atomic E-state index is 0.0203. The summed E-state index contributed by atoms with van der Waals surface area (Å²) in [4.78, 5) is 17.6. The van der Waals surface area contributed by atoms with Gasteiger partial charge in [-0.25, -0.2) is 4.98 Å². The maximum absolute atomic E-state index is 13.8. The summed E-state index contributed by atoms with van der Waals surface area (Å²) in [5, 5.41) is 22.3. The number of aliphatic hydroxyl groups excluding tert-OH is 1. The molecule has 6 N–H and O–H groups in total.